The van der Waals surface area contributed by atoms with E-state index in [-0.39, 0.29) is 23.7 Å². The first-order valence-corrected chi connectivity index (χ1v) is 10.7. The maximum atomic E-state index is 14.4. The van der Waals surface area contributed by atoms with E-state index < -0.39 is 23.8 Å². The summed E-state index contributed by atoms with van der Waals surface area (Å²) in [5, 5.41) is 11.0. The lowest BCUT2D eigenvalue weighted by Crippen LogP contribution is -2.30. The number of anilines is 2. The molecule has 6 nitrogen and oxygen atoms in total. The third-order valence-corrected chi connectivity index (χ3v) is 5.92. The first kappa shape index (κ1) is 20.3. The molecule has 0 radical (unpaired) electrons. The second-order valence-electron chi connectivity index (χ2n) is 7.76. The van der Waals surface area contributed by atoms with E-state index in [1.165, 1.54) is 4.52 Å². The van der Waals surface area contributed by atoms with E-state index in [0.29, 0.717) is 28.3 Å². The van der Waals surface area contributed by atoms with Crippen molar-refractivity contribution in [2.45, 2.75) is 37.5 Å². The Balaban J connectivity index is 1.50. The molecule has 0 spiro atoms. The highest BCUT2D eigenvalue weighted by Gasteiger charge is 2.36. The second kappa shape index (κ2) is 7.83. The smallest absolute Gasteiger partial charge is 0.182 e. The fourth-order valence-corrected chi connectivity index (χ4v) is 4.31. The Morgan fingerprint density at radius 2 is 2.03 bits per heavy atom. The van der Waals surface area contributed by atoms with Crippen molar-refractivity contribution in [1.82, 2.24) is 19.9 Å². The number of hydrogen-bond donors (Lipinski definition) is 2. The van der Waals surface area contributed by atoms with Crippen LogP contribution in [0.15, 0.2) is 30.5 Å². The van der Waals surface area contributed by atoms with Gasteiger partial charge in [0.2, 0.25) is 0 Å². The van der Waals surface area contributed by atoms with Crippen molar-refractivity contribution in [1.29, 1.82) is 0 Å². The molecule has 3 heterocycles. The normalized spacial score (nSPS) is 21.0. The van der Waals surface area contributed by atoms with Gasteiger partial charge < -0.3 is 15.5 Å². The number of rotatable bonds is 4. The van der Waals surface area contributed by atoms with Crippen molar-refractivity contribution >= 4 is 46.1 Å². The summed E-state index contributed by atoms with van der Waals surface area (Å²) in [6, 6.07) is 4.51. The minimum Gasteiger partial charge on any atom is -0.360 e. The van der Waals surface area contributed by atoms with Crippen molar-refractivity contribution in [2.75, 3.05) is 16.8 Å². The van der Waals surface area contributed by atoms with E-state index >= 15 is 0 Å². The quantitative estimate of drug-likeness (QED) is 0.556. The summed E-state index contributed by atoms with van der Waals surface area (Å²) in [5.74, 6) is -0.757. The van der Waals surface area contributed by atoms with Crippen LogP contribution in [0.25, 0.3) is 5.65 Å². The summed E-state index contributed by atoms with van der Waals surface area (Å²) in [4.78, 5) is 6.23. The first-order chi connectivity index (χ1) is 14.9. The zero-order valence-electron chi connectivity index (χ0n) is 16.2. The van der Waals surface area contributed by atoms with Gasteiger partial charge in [0.15, 0.2) is 15.9 Å². The van der Waals surface area contributed by atoms with Crippen LogP contribution in [-0.4, -0.2) is 38.5 Å². The Hall–Kier alpha value is -2.59. The van der Waals surface area contributed by atoms with Gasteiger partial charge in [-0.05, 0) is 49.3 Å². The van der Waals surface area contributed by atoms with Crippen LogP contribution in [0.1, 0.15) is 30.9 Å². The number of hydrogen-bond acceptors (Lipinski definition) is 4. The molecule has 162 valence electrons. The number of fused-ring (bicyclic) bond motifs is 1. The number of aromatic nitrogens is 3. The lowest BCUT2D eigenvalue weighted by atomic mass is 10.0. The lowest BCUT2D eigenvalue weighted by molar-refractivity contribution is 0.355. The zero-order chi connectivity index (χ0) is 21.7. The molecule has 11 heteroatoms. The summed E-state index contributed by atoms with van der Waals surface area (Å²) < 4.78 is 44.0. The molecule has 0 amide bonds. The summed E-state index contributed by atoms with van der Waals surface area (Å²) in [5.41, 5.74) is 0.913. The average molecular weight is 467 g/mol. The molecule has 1 aromatic carbocycles. The third kappa shape index (κ3) is 4.01. The van der Waals surface area contributed by atoms with Crippen molar-refractivity contribution in [3.63, 3.8) is 0 Å². The van der Waals surface area contributed by atoms with Crippen LogP contribution < -0.4 is 15.5 Å². The van der Waals surface area contributed by atoms with Crippen LogP contribution >= 0.6 is 23.8 Å². The summed E-state index contributed by atoms with van der Waals surface area (Å²) in [6.07, 6.45) is 2.59. The van der Waals surface area contributed by atoms with E-state index in [4.69, 9.17) is 23.8 Å². The van der Waals surface area contributed by atoms with E-state index in [0.717, 1.165) is 31.0 Å². The summed E-state index contributed by atoms with van der Waals surface area (Å²) >= 11 is 11.6. The second-order valence-corrected chi connectivity index (χ2v) is 8.53. The minimum atomic E-state index is -1.20. The summed E-state index contributed by atoms with van der Waals surface area (Å²) in [6.45, 7) is 0.00999. The maximum Gasteiger partial charge on any atom is 0.182 e. The molecule has 2 aliphatic rings. The molecule has 31 heavy (non-hydrogen) atoms. The van der Waals surface area contributed by atoms with Gasteiger partial charge in [0, 0.05) is 24.2 Å². The van der Waals surface area contributed by atoms with Gasteiger partial charge >= 0.3 is 0 Å². The van der Waals surface area contributed by atoms with Gasteiger partial charge in [-0.1, -0.05) is 11.6 Å². The topological polar surface area (TPSA) is 57.5 Å². The number of benzene rings is 1. The molecule has 1 saturated carbocycles. The van der Waals surface area contributed by atoms with Crippen molar-refractivity contribution in [3.8, 4) is 0 Å². The fourth-order valence-electron chi connectivity index (χ4n) is 3.83. The van der Waals surface area contributed by atoms with E-state index in [2.05, 4.69) is 20.7 Å². The monoisotopic (exact) mass is 466 g/mol. The van der Waals surface area contributed by atoms with Crippen LogP contribution in [-0.2, 0) is 0 Å². The van der Waals surface area contributed by atoms with Gasteiger partial charge in [0.05, 0.1) is 12.6 Å². The molecule has 0 unspecified atom stereocenters. The molecule has 2 fully saturated rings. The molecule has 1 aliphatic heterocycles. The fraction of sp³-hybridized carbons (Fsp3) is 0.350. The molecule has 2 atom stereocenters. The molecular weight excluding hydrogens is 449 g/mol. The maximum absolute atomic E-state index is 14.4. The number of nitrogens with zero attached hydrogens (tertiary/aromatic N) is 4. The van der Waals surface area contributed by atoms with Crippen LogP contribution in [0, 0.1) is 11.6 Å². The number of halogens is 4. The zero-order valence-corrected chi connectivity index (χ0v) is 17.7. The standard InChI is InChI=1S/C20H18ClF3N6S/c21-18-17(27-20(31)25-12-2-3-12)19-26-16(5-6-30(19)28-18)29-9-11(23)8-15(29)13-7-10(22)1-4-14(13)24/h1,4-7,11-12,15H,2-3,8-9H2,(H2,25,27,31)/t11-,15+/m0/s1. The molecule has 3 aromatic rings. The van der Waals surface area contributed by atoms with E-state index in [9.17, 15) is 13.2 Å². The third-order valence-electron chi connectivity index (χ3n) is 5.44. The van der Waals surface area contributed by atoms with Gasteiger partial charge in [0.25, 0.3) is 0 Å². The SMILES string of the molecule is Fc1ccc(F)c([C@H]2C[C@H](F)CN2c2ccn3nc(Cl)c(NC(=S)NC4CC4)c3n2)c1. The number of thiocarbonyl (C=S) groups is 1. The largest absolute Gasteiger partial charge is 0.360 e. The molecule has 2 aromatic heterocycles. The molecule has 1 aliphatic carbocycles. The first-order valence-electron chi connectivity index (χ1n) is 9.87. The number of nitrogens with one attached hydrogen (secondary N) is 2. The Bertz CT molecular complexity index is 1170. The van der Waals surface area contributed by atoms with Gasteiger partial charge in [-0.2, -0.15) is 5.10 Å². The molecular formula is C20H18ClF3N6S. The van der Waals surface area contributed by atoms with Crippen LogP contribution in [0.3, 0.4) is 0 Å². The molecule has 0 bridgehead atoms. The van der Waals surface area contributed by atoms with Crippen molar-refractivity contribution in [3.05, 3.63) is 52.8 Å². The van der Waals surface area contributed by atoms with Crippen LogP contribution in [0.4, 0.5) is 24.7 Å². The Kier molecular flexibility index (Phi) is 5.13. The van der Waals surface area contributed by atoms with Gasteiger partial charge in [0.1, 0.15) is 29.3 Å². The highest BCUT2D eigenvalue weighted by Crippen LogP contribution is 2.38. The Morgan fingerprint density at radius 1 is 1.23 bits per heavy atom. The van der Waals surface area contributed by atoms with E-state index in [1.54, 1.807) is 17.2 Å². The average Bonchev–Trinajstić information content (AvgIpc) is 3.38. The minimum absolute atomic E-state index is 0.00999. The van der Waals surface area contributed by atoms with Gasteiger partial charge in [-0.3, -0.25) is 0 Å². The summed E-state index contributed by atoms with van der Waals surface area (Å²) in [7, 11) is 0. The Morgan fingerprint density at radius 3 is 2.81 bits per heavy atom. The predicted molar refractivity (Wildman–Crippen MR) is 116 cm³/mol. The van der Waals surface area contributed by atoms with Gasteiger partial charge in [-0.25, -0.2) is 22.7 Å². The van der Waals surface area contributed by atoms with Crippen molar-refractivity contribution in [2.24, 2.45) is 0 Å². The lowest BCUT2D eigenvalue weighted by Gasteiger charge is -2.26. The molecule has 5 rings (SSSR count). The molecule has 2 N–H and O–H groups in total. The van der Waals surface area contributed by atoms with E-state index in [1.807, 2.05) is 0 Å². The van der Waals surface area contributed by atoms with Crippen LogP contribution in [0.5, 0.6) is 0 Å². The van der Waals surface area contributed by atoms with Gasteiger partial charge in [-0.15, -0.1) is 0 Å². The Labute approximate surface area is 186 Å². The highest BCUT2D eigenvalue weighted by molar-refractivity contribution is 7.80. The van der Waals surface area contributed by atoms with Crippen LogP contribution in [0.2, 0.25) is 5.15 Å². The number of alkyl halides is 1. The highest BCUT2D eigenvalue weighted by atomic mass is 35.5. The van der Waals surface area contributed by atoms with Crippen molar-refractivity contribution < 1.29 is 13.2 Å². The molecule has 1 saturated heterocycles. The predicted octanol–water partition coefficient (Wildman–Crippen LogP) is 4.40.